The van der Waals surface area contributed by atoms with Crippen molar-refractivity contribution in [3.8, 4) is 0 Å². The SMILES string of the molecule is CCSC1NN=C(NC(=O)C2CC2)S1. The first kappa shape index (κ1) is 10.2. The fraction of sp³-hybridized carbons (Fsp3) is 0.750. The van der Waals surface area contributed by atoms with Crippen LogP contribution in [-0.4, -0.2) is 21.5 Å². The number of rotatable bonds is 3. The van der Waals surface area contributed by atoms with Crippen molar-refractivity contribution >= 4 is 34.6 Å². The molecule has 1 saturated carbocycles. The number of nitrogens with zero attached hydrogens (tertiary/aromatic N) is 1. The van der Waals surface area contributed by atoms with E-state index >= 15 is 0 Å². The number of hydrogen-bond donors (Lipinski definition) is 2. The van der Waals surface area contributed by atoms with Gasteiger partial charge in [0.1, 0.15) is 4.71 Å². The molecule has 2 rings (SSSR count). The zero-order chi connectivity index (χ0) is 9.97. The largest absolute Gasteiger partial charge is 0.303 e. The van der Waals surface area contributed by atoms with Gasteiger partial charge in [-0.2, -0.15) is 5.10 Å². The molecule has 0 aromatic heterocycles. The molecule has 2 N–H and O–H groups in total. The Morgan fingerprint density at radius 3 is 3.21 bits per heavy atom. The van der Waals surface area contributed by atoms with E-state index in [1.807, 2.05) is 0 Å². The first-order valence-electron chi connectivity index (χ1n) is 4.72. The lowest BCUT2D eigenvalue weighted by atomic mass is 10.4. The quantitative estimate of drug-likeness (QED) is 0.765. The Morgan fingerprint density at radius 2 is 2.57 bits per heavy atom. The van der Waals surface area contributed by atoms with Gasteiger partial charge in [0.2, 0.25) is 5.91 Å². The summed E-state index contributed by atoms with van der Waals surface area (Å²) in [5.41, 5.74) is 2.97. The van der Waals surface area contributed by atoms with Gasteiger partial charge >= 0.3 is 0 Å². The van der Waals surface area contributed by atoms with E-state index in [0.717, 1.165) is 18.6 Å². The number of amidine groups is 1. The third-order valence-corrected chi connectivity index (χ3v) is 4.16. The predicted molar refractivity (Wildman–Crippen MR) is 60.9 cm³/mol. The van der Waals surface area contributed by atoms with E-state index in [2.05, 4.69) is 22.8 Å². The summed E-state index contributed by atoms with van der Waals surface area (Å²) in [6.07, 6.45) is 2.06. The average Bonchev–Trinajstić information content (AvgIpc) is 2.92. The van der Waals surface area contributed by atoms with Crippen LogP contribution in [0.3, 0.4) is 0 Å². The molecule has 1 heterocycles. The molecule has 4 nitrogen and oxygen atoms in total. The molecule has 1 fully saturated rings. The van der Waals surface area contributed by atoms with Gasteiger partial charge in [-0.25, -0.2) is 0 Å². The lowest BCUT2D eigenvalue weighted by Crippen LogP contribution is -2.28. The number of hydrazone groups is 1. The first-order valence-corrected chi connectivity index (χ1v) is 6.64. The monoisotopic (exact) mass is 231 g/mol. The van der Waals surface area contributed by atoms with Crippen molar-refractivity contribution in [1.82, 2.24) is 10.7 Å². The minimum Gasteiger partial charge on any atom is -0.303 e. The zero-order valence-corrected chi connectivity index (χ0v) is 9.58. The minimum atomic E-state index is 0.125. The minimum absolute atomic E-state index is 0.125. The average molecular weight is 231 g/mol. The van der Waals surface area contributed by atoms with Crippen molar-refractivity contribution in [3.63, 3.8) is 0 Å². The topological polar surface area (TPSA) is 53.5 Å². The molecule has 14 heavy (non-hydrogen) atoms. The van der Waals surface area contributed by atoms with Gasteiger partial charge in [-0.1, -0.05) is 6.92 Å². The molecule has 1 unspecified atom stereocenters. The predicted octanol–water partition coefficient (Wildman–Crippen LogP) is 1.16. The Labute approximate surface area is 91.7 Å². The van der Waals surface area contributed by atoms with E-state index < -0.39 is 0 Å². The molecule has 0 aromatic carbocycles. The summed E-state index contributed by atoms with van der Waals surface area (Å²) in [4.78, 5) is 11.4. The molecule has 2 aliphatic rings. The van der Waals surface area contributed by atoms with E-state index in [0.29, 0.717) is 5.17 Å². The summed E-state index contributed by atoms with van der Waals surface area (Å²) >= 11 is 3.36. The molecule has 1 aliphatic heterocycles. The standard InChI is InChI=1S/C8H13N3OS2/c1-2-13-8-11-10-7(14-8)9-6(12)5-3-4-5/h5,8,11H,2-4H2,1H3,(H,9,10,12). The highest BCUT2D eigenvalue weighted by Gasteiger charge is 2.31. The third-order valence-electron chi connectivity index (χ3n) is 1.99. The van der Waals surface area contributed by atoms with Crippen LogP contribution in [0.1, 0.15) is 19.8 Å². The molecule has 1 aliphatic carbocycles. The molecule has 0 spiro atoms. The van der Waals surface area contributed by atoms with Gasteiger partial charge in [-0.15, -0.1) is 11.8 Å². The number of carbonyl (C=O) groups excluding carboxylic acids is 1. The van der Waals surface area contributed by atoms with Gasteiger partial charge in [0.05, 0.1) is 0 Å². The van der Waals surface area contributed by atoms with Crippen molar-refractivity contribution < 1.29 is 4.79 Å². The summed E-state index contributed by atoms with van der Waals surface area (Å²) in [5, 5.41) is 7.61. The van der Waals surface area contributed by atoms with Crippen LogP contribution in [0, 0.1) is 5.92 Å². The van der Waals surface area contributed by atoms with Crippen molar-refractivity contribution in [1.29, 1.82) is 0 Å². The highest BCUT2D eigenvalue weighted by Crippen LogP contribution is 2.30. The summed E-state index contributed by atoms with van der Waals surface area (Å²) in [5.74, 6) is 1.42. The molecule has 1 amide bonds. The van der Waals surface area contributed by atoms with Gasteiger partial charge in [0.15, 0.2) is 5.17 Å². The second-order valence-corrected chi connectivity index (χ2v) is 5.99. The number of thioether (sulfide) groups is 2. The van der Waals surface area contributed by atoms with Gasteiger partial charge in [-0.3, -0.25) is 10.2 Å². The number of hydrogen-bond acceptors (Lipinski definition) is 5. The van der Waals surface area contributed by atoms with Crippen LogP contribution in [0.25, 0.3) is 0 Å². The highest BCUT2D eigenvalue weighted by molar-refractivity contribution is 8.25. The summed E-state index contributed by atoms with van der Waals surface area (Å²) in [6.45, 7) is 2.10. The van der Waals surface area contributed by atoms with Gasteiger partial charge in [-0.05, 0) is 30.4 Å². The van der Waals surface area contributed by atoms with Crippen LogP contribution in [0.5, 0.6) is 0 Å². The molecule has 0 aromatic rings. The van der Waals surface area contributed by atoms with Crippen molar-refractivity contribution in [2.24, 2.45) is 11.0 Å². The molecule has 78 valence electrons. The number of nitrogens with one attached hydrogen (secondary N) is 2. The Kier molecular flexibility index (Phi) is 3.22. The van der Waals surface area contributed by atoms with Crippen LogP contribution in [0.15, 0.2) is 5.10 Å². The fourth-order valence-corrected chi connectivity index (χ4v) is 3.06. The molecule has 0 bridgehead atoms. The van der Waals surface area contributed by atoms with Crippen LogP contribution < -0.4 is 10.7 Å². The van der Waals surface area contributed by atoms with E-state index in [1.54, 1.807) is 23.5 Å². The maximum atomic E-state index is 11.4. The van der Waals surface area contributed by atoms with Gasteiger partial charge < -0.3 is 5.32 Å². The second kappa shape index (κ2) is 4.44. The maximum Gasteiger partial charge on any atom is 0.229 e. The molecule has 0 radical (unpaired) electrons. The molecule has 0 saturated heterocycles. The number of carbonyl (C=O) groups is 1. The van der Waals surface area contributed by atoms with E-state index in [4.69, 9.17) is 0 Å². The van der Waals surface area contributed by atoms with Crippen molar-refractivity contribution in [3.05, 3.63) is 0 Å². The molecular formula is C8H13N3OS2. The Morgan fingerprint density at radius 1 is 1.79 bits per heavy atom. The van der Waals surface area contributed by atoms with E-state index in [1.165, 1.54) is 0 Å². The van der Waals surface area contributed by atoms with Crippen LogP contribution in [-0.2, 0) is 4.79 Å². The van der Waals surface area contributed by atoms with Gasteiger partial charge in [0, 0.05) is 5.92 Å². The number of amides is 1. The third kappa shape index (κ3) is 2.57. The fourth-order valence-electron chi connectivity index (χ4n) is 1.10. The molecular weight excluding hydrogens is 218 g/mol. The second-order valence-electron chi connectivity index (χ2n) is 3.21. The van der Waals surface area contributed by atoms with Crippen molar-refractivity contribution in [2.75, 3.05) is 5.75 Å². The first-order chi connectivity index (χ1) is 6.79. The highest BCUT2D eigenvalue weighted by atomic mass is 32.2. The molecule has 6 heteroatoms. The van der Waals surface area contributed by atoms with Gasteiger partial charge in [0.25, 0.3) is 0 Å². The lowest BCUT2D eigenvalue weighted by Gasteiger charge is -2.05. The summed E-state index contributed by atoms with van der Waals surface area (Å²) in [6, 6.07) is 0. The van der Waals surface area contributed by atoms with Crippen LogP contribution >= 0.6 is 23.5 Å². The summed E-state index contributed by atoms with van der Waals surface area (Å²) < 4.78 is 0.259. The van der Waals surface area contributed by atoms with E-state index in [-0.39, 0.29) is 16.5 Å². The molecule has 1 atom stereocenters. The smallest absolute Gasteiger partial charge is 0.229 e. The lowest BCUT2D eigenvalue weighted by molar-refractivity contribution is -0.120. The summed E-state index contributed by atoms with van der Waals surface area (Å²) in [7, 11) is 0. The Bertz CT molecular complexity index is 265. The van der Waals surface area contributed by atoms with Crippen LogP contribution in [0.2, 0.25) is 0 Å². The van der Waals surface area contributed by atoms with Crippen LogP contribution in [0.4, 0.5) is 0 Å². The van der Waals surface area contributed by atoms with Crippen molar-refractivity contribution in [2.45, 2.75) is 24.5 Å². The Hall–Kier alpha value is -0.360. The van der Waals surface area contributed by atoms with E-state index in [9.17, 15) is 4.79 Å². The maximum absolute atomic E-state index is 11.4. The Balaban J connectivity index is 1.74. The normalized spacial score (nSPS) is 25.5. The zero-order valence-electron chi connectivity index (χ0n) is 7.95.